The molecule has 0 aromatic heterocycles. The molecule has 0 bridgehead atoms. The highest BCUT2D eigenvalue weighted by Gasteiger charge is 2.28. The Kier molecular flexibility index (Phi) is 4.24. The molecule has 0 spiro atoms. The molecule has 0 aliphatic carbocycles. The zero-order valence-electron chi connectivity index (χ0n) is 11.3. The van der Waals surface area contributed by atoms with Crippen LogP contribution < -0.4 is 0 Å². The molecule has 2 aliphatic rings. The van der Waals surface area contributed by atoms with Crippen molar-refractivity contribution in [2.45, 2.75) is 18.9 Å². The number of benzene rings is 1. The van der Waals surface area contributed by atoms with Gasteiger partial charge in [0.25, 0.3) is 0 Å². The van der Waals surface area contributed by atoms with Gasteiger partial charge in [-0.3, -0.25) is 4.90 Å². The van der Waals surface area contributed by atoms with Crippen molar-refractivity contribution < 1.29 is 9.94 Å². The van der Waals surface area contributed by atoms with Crippen LogP contribution in [0.5, 0.6) is 0 Å². The van der Waals surface area contributed by atoms with E-state index < -0.39 is 0 Å². The zero-order chi connectivity index (χ0) is 13.9. The molecule has 1 aromatic carbocycles. The van der Waals surface area contributed by atoms with Gasteiger partial charge < -0.3 is 9.94 Å². The monoisotopic (exact) mass is 294 g/mol. The molecule has 5 heteroatoms. The van der Waals surface area contributed by atoms with Gasteiger partial charge in [0, 0.05) is 31.1 Å². The largest absolute Gasteiger partial charge is 0.396 e. The third kappa shape index (κ3) is 3.14. The normalized spacial score (nSPS) is 26.6. The van der Waals surface area contributed by atoms with Gasteiger partial charge in [0.1, 0.15) is 6.10 Å². The van der Waals surface area contributed by atoms with E-state index in [9.17, 15) is 0 Å². The van der Waals surface area contributed by atoms with Gasteiger partial charge in [-0.15, -0.1) is 0 Å². The Labute approximate surface area is 124 Å². The van der Waals surface area contributed by atoms with Gasteiger partial charge in [-0.2, -0.15) is 0 Å². The van der Waals surface area contributed by atoms with Crippen LogP contribution in [0.2, 0.25) is 5.02 Å². The maximum absolute atomic E-state index is 9.17. The van der Waals surface area contributed by atoms with Crippen LogP contribution in [-0.4, -0.2) is 48.1 Å². The average molecular weight is 295 g/mol. The van der Waals surface area contributed by atoms with Crippen molar-refractivity contribution >= 4 is 17.3 Å². The van der Waals surface area contributed by atoms with E-state index in [1.807, 2.05) is 24.3 Å². The van der Waals surface area contributed by atoms with Crippen molar-refractivity contribution in [3.8, 4) is 0 Å². The van der Waals surface area contributed by atoms with Crippen LogP contribution in [0.3, 0.4) is 0 Å². The Morgan fingerprint density at radius 2 is 2.15 bits per heavy atom. The van der Waals surface area contributed by atoms with E-state index in [1.165, 1.54) is 0 Å². The summed E-state index contributed by atoms with van der Waals surface area (Å²) in [6.07, 6.45) is 2.04. The summed E-state index contributed by atoms with van der Waals surface area (Å²) in [5, 5.41) is 14.1. The van der Waals surface area contributed by atoms with Gasteiger partial charge in [-0.1, -0.05) is 28.9 Å². The number of nitrogens with zero attached hydrogens (tertiary/aromatic N) is 2. The van der Waals surface area contributed by atoms with Crippen molar-refractivity contribution in [2.24, 2.45) is 11.1 Å². The second-order valence-electron chi connectivity index (χ2n) is 5.57. The molecule has 2 atom stereocenters. The zero-order valence-corrected chi connectivity index (χ0v) is 12.1. The maximum Gasteiger partial charge on any atom is 0.145 e. The number of oxime groups is 1. The second kappa shape index (κ2) is 6.12. The number of aliphatic hydroxyl groups is 1. The third-order valence-corrected chi connectivity index (χ3v) is 4.25. The Hall–Kier alpha value is -1.10. The quantitative estimate of drug-likeness (QED) is 0.925. The summed E-state index contributed by atoms with van der Waals surface area (Å²) in [5.74, 6) is 0.424. The first-order valence-corrected chi connectivity index (χ1v) is 7.44. The summed E-state index contributed by atoms with van der Waals surface area (Å²) in [6.45, 7) is 3.18. The van der Waals surface area contributed by atoms with Crippen molar-refractivity contribution in [1.29, 1.82) is 0 Å². The molecule has 2 unspecified atom stereocenters. The Bertz CT molecular complexity index is 489. The van der Waals surface area contributed by atoms with Crippen molar-refractivity contribution in [1.82, 2.24) is 4.90 Å². The molecular formula is C15H19ClN2O2. The molecule has 20 heavy (non-hydrogen) atoms. The molecular weight excluding hydrogens is 276 g/mol. The number of aliphatic hydroxyl groups excluding tert-OH is 1. The van der Waals surface area contributed by atoms with Crippen LogP contribution in [-0.2, 0) is 4.84 Å². The lowest BCUT2D eigenvalue weighted by Gasteiger charge is -2.18. The molecule has 2 heterocycles. The van der Waals surface area contributed by atoms with Crippen LogP contribution in [0.15, 0.2) is 29.4 Å². The third-order valence-electron chi connectivity index (χ3n) is 4.00. The molecule has 2 aliphatic heterocycles. The minimum Gasteiger partial charge on any atom is -0.396 e. The number of rotatable bonds is 4. The summed E-state index contributed by atoms with van der Waals surface area (Å²) < 4.78 is 0. The number of hydrogen-bond donors (Lipinski definition) is 1. The first kappa shape index (κ1) is 13.9. The summed E-state index contributed by atoms with van der Waals surface area (Å²) in [5.41, 5.74) is 2.07. The fraction of sp³-hybridized carbons (Fsp3) is 0.533. The lowest BCUT2D eigenvalue weighted by atomic mass is 10.0. The molecule has 1 aromatic rings. The smallest absolute Gasteiger partial charge is 0.145 e. The highest BCUT2D eigenvalue weighted by molar-refractivity contribution is 6.30. The summed E-state index contributed by atoms with van der Waals surface area (Å²) in [4.78, 5) is 7.88. The molecule has 0 radical (unpaired) electrons. The standard InChI is InChI=1S/C15H19ClN2O2/c16-13-3-1-12(2-4-13)15-7-14(20-17-15)9-18-6-5-11(8-18)10-19/h1-4,11,14,19H,5-10H2. The molecule has 1 N–H and O–H groups in total. The molecule has 3 rings (SSSR count). The molecule has 0 amide bonds. The number of likely N-dealkylation sites (tertiary alicyclic amines) is 1. The lowest BCUT2D eigenvalue weighted by molar-refractivity contribution is 0.0571. The molecule has 1 saturated heterocycles. The fourth-order valence-electron chi connectivity index (χ4n) is 2.85. The molecule has 108 valence electrons. The Morgan fingerprint density at radius 3 is 2.85 bits per heavy atom. The molecule has 1 fully saturated rings. The highest BCUT2D eigenvalue weighted by atomic mass is 35.5. The van der Waals surface area contributed by atoms with Gasteiger partial charge in [-0.25, -0.2) is 0 Å². The second-order valence-corrected chi connectivity index (χ2v) is 6.01. The van der Waals surface area contributed by atoms with E-state index in [0.29, 0.717) is 5.92 Å². The molecule has 4 nitrogen and oxygen atoms in total. The minimum absolute atomic E-state index is 0.123. The van der Waals surface area contributed by atoms with Gasteiger partial charge >= 0.3 is 0 Å². The van der Waals surface area contributed by atoms with Crippen LogP contribution in [0.25, 0.3) is 0 Å². The summed E-state index contributed by atoms with van der Waals surface area (Å²) >= 11 is 5.89. The van der Waals surface area contributed by atoms with E-state index in [4.69, 9.17) is 21.5 Å². The van der Waals surface area contributed by atoms with Gasteiger partial charge in [0.05, 0.1) is 5.71 Å². The predicted octanol–water partition coefficient (Wildman–Crippen LogP) is 2.15. The lowest BCUT2D eigenvalue weighted by Crippen LogP contribution is -2.31. The Balaban J connectivity index is 1.53. The number of halogens is 1. The van der Waals surface area contributed by atoms with Gasteiger partial charge in [0.2, 0.25) is 0 Å². The van der Waals surface area contributed by atoms with E-state index in [2.05, 4.69) is 10.1 Å². The van der Waals surface area contributed by atoms with Crippen molar-refractivity contribution in [2.75, 3.05) is 26.2 Å². The van der Waals surface area contributed by atoms with E-state index in [1.54, 1.807) is 0 Å². The predicted molar refractivity (Wildman–Crippen MR) is 79.1 cm³/mol. The Morgan fingerprint density at radius 1 is 1.35 bits per heavy atom. The number of hydrogen-bond acceptors (Lipinski definition) is 4. The summed E-state index contributed by atoms with van der Waals surface area (Å²) in [6, 6.07) is 7.70. The molecule has 0 saturated carbocycles. The van der Waals surface area contributed by atoms with Crippen LogP contribution in [0.4, 0.5) is 0 Å². The first-order valence-electron chi connectivity index (χ1n) is 7.06. The van der Waals surface area contributed by atoms with E-state index in [0.717, 1.165) is 48.8 Å². The topological polar surface area (TPSA) is 45.1 Å². The fourth-order valence-corrected chi connectivity index (χ4v) is 2.98. The summed E-state index contributed by atoms with van der Waals surface area (Å²) in [7, 11) is 0. The maximum atomic E-state index is 9.17. The minimum atomic E-state index is 0.123. The van der Waals surface area contributed by atoms with Crippen LogP contribution in [0, 0.1) is 5.92 Å². The first-order chi connectivity index (χ1) is 9.74. The van der Waals surface area contributed by atoms with Crippen LogP contribution >= 0.6 is 11.6 Å². The van der Waals surface area contributed by atoms with Gasteiger partial charge in [0.15, 0.2) is 0 Å². The van der Waals surface area contributed by atoms with Crippen molar-refractivity contribution in [3.63, 3.8) is 0 Å². The average Bonchev–Trinajstić information content (AvgIpc) is 3.09. The van der Waals surface area contributed by atoms with Gasteiger partial charge in [-0.05, 0) is 36.6 Å². The van der Waals surface area contributed by atoms with E-state index in [-0.39, 0.29) is 12.7 Å². The van der Waals surface area contributed by atoms with E-state index >= 15 is 0 Å². The SMILES string of the molecule is OCC1CCN(CC2CC(c3ccc(Cl)cc3)=NO2)C1. The van der Waals surface area contributed by atoms with Crippen molar-refractivity contribution in [3.05, 3.63) is 34.9 Å². The van der Waals surface area contributed by atoms with Crippen LogP contribution in [0.1, 0.15) is 18.4 Å². The highest BCUT2D eigenvalue weighted by Crippen LogP contribution is 2.22.